The summed E-state index contributed by atoms with van der Waals surface area (Å²) in [6, 6.07) is 0. The van der Waals surface area contributed by atoms with Gasteiger partial charge in [-0.25, -0.2) is 4.79 Å². The normalized spacial score (nSPS) is 10.6. The van der Waals surface area contributed by atoms with E-state index in [9.17, 15) is 14.9 Å². The number of carboxylic acid groups (broad SMARTS) is 1. The van der Waals surface area contributed by atoms with Crippen LogP contribution in [-0.2, 0) is 4.79 Å². The molecule has 0 aliphatic heterocycles. The lowest BCUT2D eigenvalue weighted by Gasteiger charge is -1.98. The Hall–Kier alpha value is -2.11. The minimum absolute atomic E-state index is 0.254. The van der Waals surface area contributed by atoms with Crippen LogP contribution >= 0.6 is 0 Å². The standard InChI is InChI=1S/C7H8N2O4/c1-4(9(12)13)3-6(5(2)8)7(10)11/h3H,1-2,8H2,(H,10,11)/b6-3+. The number of nitrogens with two attached hydrogens (primary N) is 1. The van der Waals surface area contributed by atoms with Gasteiger partial charge in [0, 0.05) is 11.8 Å². The number of hydrogen-bond acceptors (Lipinski definition) is 4. The van der Waals surface area contributed by atoms with Crippen molar-refractivity contribution < 1.29 is 14.8 Å². The number of allylic oxidation sites excluding steroid dienone is 1. The summed E-state index contributed by atoms with van der Waals surface area (Å²) in [5, 5.41) is 18.6. The monoisotopic (exact) mass is 184 g/mol. The Morgan fingerprint density at radius 1 is 1.54 bits per heavy atom. The molecule has 0 heterocycles. The number of hydrogen-bond donors (Lipinski definition) is 2. The molecule has 0 bridgehead atoms. The largest absolute Gasteiger partial charge is 0.478 e. The molecule has 0 radical (unpaired) electrons. The molecule has 0 saturated heterocycles. The predicted octanol–water partition coefficient (Wildman–Crippen LogP) is 0.260. The molecule has 13 heavy (non-hydrogen) atoms. The van der Waals surface area contributed by atoms with E-state index in [0.717, 1.165) is 6.08 Å². The van der Waals surface area contributed by atoms with Crippen molar-refractivity contribution in [3.8, 4) is 0 Å². The van der Waals surface area contributed by atoms with Crippen LogP contribution in [0, 0.1) is 10.1 Å². The highest BCUT2D eigenvalue weighted by molar-refractivity contribution is 5.91. The molecule has 0 atom stereocenters. The van der Waals surface area contributed by atoms with Crippen LogP contribution in [0.5, 0.6) is 0 Å². The highest BCUT2D eigenvalue weighted by Crippen LogP contribution is 2.06. The van der Waals surface area contributed by atoms with Crippen LogP contribution in [0.25, 0.3) is 0 Å². The smallest absolute Gasteiger partial charge is 0.338 e. The van der Waals surface area contributed by atoms with Crippen LogP contribution in [0.1, 0.15) is 0 Å². The first kappa shape index (κ1) is 10.9. The molecular formula is C7H8N2O4. The second-order valence-electron chi connectivity index (χ2n) is 2.14. The lowest BCUT2D eigenvalue weighted by molar-refractivity contribution is -0.418. The van der Waals surface area contributed by atoms with E-state index in [1.54, 1.807) is 0 Å². The zero-order chi connectivity index (χ0) is 10.6. The van der Waals surface area contributed by atoms with Crippen LogP contribution < -0.4 is 5.73 Å². The average Bonchev–Trinajstić information content (AvgIpc) is 1.97. The molecule has 0 aromatic rings. The van der Waals surface area contributed by atoms with Gasteiger partial charge in [-0.1, -0.05) is 6.58 Å². The molecule has 0 fully saturated rings. The lowest BCUT2D eigenvalue weighted by atomic mass is 10.2. The molecular weight excluding hydrogens is 176 g/mol. The first-order valence-corrected chi connectivity index (χ1v) is 3.09. The first-order valence-electron chi connectivity index (χ1n) is 3.09. The van der Waals surface area contributed by atoms with Crippen molar-refractivity contribution in [2.24, 2.45) is 5.73 Å². The molecule has 0 amide bonds. The summed E-state index contributed by atoms with van der Waals surface area (Å²) < 4.78 is 0. The number of carbonyl (C=O) groups is 1. The second-order valence-corrected chi connectivity index (χ2v) is 2.14. The van der Waals surface area contributed by atoms with Gasteiger partial charge in [0.25, 0.3) is 5.70 Å². The van der Waals surface area contributed by atoms with Crippen molar-refractivity contribution >= 4 is 5.97 Å². The minimum Gasteiger partial charge on any atom is -0.478 e. The first-order chi connectivity index (χ1) is 5.86. The van der Waals surface area contributed by atoms with Crippen molar-refractivity contribution in [2.75, 3.05) is 0 Å². The Morgan fingerprint density at radius 2 is 2.00 bits per heavy atom. The molecule has 0 rings (SSSR count). The fourth-order valence-corrected chi connectivity index (χ4v) is 0.511. The molecule has 0 saturated carbocycles. The van der Waals surface area contributed by atoms with Gasteiger partial charge < -0.3 is 10.8 Å². The van der Waals surface area contributed by atoms with Gasteiger partial charge in [0.2, 0.25) is 0 Å². The van der Waals surface area contributed by atoms with Gasteiger partial charge in [-0.2, -0.15) is 0 Å². The predicted molar refractivity (Wildman–Crippen MR) is 45.2 cm³/mol. The number of nitro groups is 1. The molecule has 0 aromatic carbocycles. The summed E-state index contributed by atoms with van der Waals surface area (Å²) in [5.74, 6) is -1.38. The molecule has 0 unspecified atom stereocenters. The van der Waals surface area contributed by atoms with Crippen LogP contribution in [0.2, 0.25) is 0 Å². The summed E-state index contributed by atoms with van der Waals surface area (Å²) in [7, 11) is 0. The van der Waals surface area contributed by atoms with Crippen molar-refractivity contribution in [3.63, 3.8) is 0 Å². The van der Waals surface area contributed by atoms with Crippen LogP contribution in [0.15, 0.2) is 36.2 Å². The van der Waals surface area contributed by atoms with Gasteiger partial charge in [-0.15, -0.1) is 0 Å². The van der Waals surface area contributed by atoms with Crippen molar-refractivity contribution in [3.05, 3.63) is 46.3 Å². The number of nitrogens with zero attached hydrogens (tertiary/aromatic N) is 1. The Morgan fingerprint density at radius 3 is 2.23 bits per heavy atom. The molecule has 3 N–H and O–H groups in total. The van der Waals surface area contributed by atoms with Gasteiger partial charge in [-0.3, -0.25) is 10.1 Å². The highest BCUT2D eigenvalue weighted by Gasteiger charge is 2.13. The van der Waals surface area contributed by atoms with E-state index in [1.807, 2.05) is 0 Å². The van der Waals surface area contributed by atoms with Gasteiger partial charge >= 0.3 is 5.97 Å². The van der Waals surface area contributed by atoms with E-state index in [4.69, 9.17) is 10.8 Å². The van der Waals surface area contributed by atoms with E-state index >= 15 is 0 Å². The van der Waals surface area contributed by atoms with E-state index in [1.165, 1.54) is 0 Å². The molecule has 70 valence electrons. The topological polar surface area (TPSA) is 106 Å². The van der Waals surface area contributed by atoms with Crippen LogP contribution in [0.4, 0.5) is 0 Å². The Balaban J connectivity index is 4.96. The lowest BCUT2D eigenvalue weighted by Crippen LogP contribution is -2.10. The summed E-state index contributed by atoms with van der Waals surface area (Å²) in [6.45, 7) is 6.18. The molecule has 0 aromatic heterocycles. The molecule has 0 aliphatic carbocycles. The number of aliphatic carboxylic acids is 1. The summed E-state index contributed by atoms with van der Waals surface area (Å²) in [6.07, 6.45) is 0.755. The van der Waals surface area contributed by atoms with Gasteiger partial charge in [0.15, 0.2) is 0 Å². The SMILES string of the molecule is C=C(N)/C(=C\C(=C)[N+](=O)[O-])C(=O)O. The summed E-state index contributed by atoms with van der Waals surface area (Å²) in [4.78, 5) is 19.7. The Bertz CT molecular complexity index is 300. The Kier molecular flexibility index (Phi) is 3.39. The number of rotatable bonds is 4. The third kappa shape index (κ3) is 3.19. The van der Waals surface area contributed by atoms with E-state index < -0.39 is 22.2 Å². The summed E-state index contributed by atoms with van der Waals surface area (Å²) >= 11 is 0. The summed E-state index contributed by atoms with van der Waals surface area (Å²) in [5.41, 5.74) is 3.84. The third-order valence-corrected chi connectivity index (χ3v) is 1.12. The van der Waals surface area contributed by atoms with Crippen LogP contribution in [-0.4, -0.2) is 16.0 Å². The molecule has 6 heteroatoms. The minimum atomic E-state index is -1.38. The quantitative estimate of drug-likeness (QED) is 0.282. The van der Waals surface area contributed by atoms with Crippen molar-refractivity contribution in [2.45, 2.75) is 0 Å². The van der Waals surface area contributed by atoms with Gasteiger partial charge in [-0.05, 0) is 6.58 Å². The van der Waals surface area contributed by atoms with Crippen molar-refractivity contribution in [1.82, 2.24) is 0 Å². The van der Waals surface area contributed by atoms with E-state index in [-0.39, 0.29) is 5.70 Å². The fourth-order valence-electron chi connectivity index (χ4n) is 0.511. The Labute approximate surface area is 73.8 Å². The fraction of sp³-hybridized carbons (Fsp3) is 0. The van der Waals surface area contributed by atoms with E-state index in [2.05, 4.69) is 13.2 Å². The average molecular weight is 184 g/mol. The second kappa shape index (κ2) is 4.05. The molecule has 0 spiro atoms. The molecule has 6 nitrogen and oxygen atoms in total. The maximum Gasteiger partial charge on any atom is 0.338 e. The molecule has 0 aliphatic rings. The van der Waals surface area contributed by atoms with E-state index in [0.29, 0.717) is 0 Å². The van der Waals surface area contributed by atoms with Crippen LogP contribution in [0.3, 0.4) is 0 Å². The van der Waals surface area contributed by atoms with Gasteiger partial charge in [0.05, 0.1) is 10.5 Å². The number of carboxylic acids is 1. The maximum atomic E-state index is 10.4. The zero-order valence-electron chi connectivity index (χ0n) is 6.69. The zero-order valence-corrected chi connectivity index (χ0v) is 6.69. The van der Waals surface area contributed by atoms with Gasteiger partial charge in [0.1, 0.15) is 0 Å². The third-order valence-electron chi connectivity index (χ3n) is 1.12. The highest BCUT2D eigenvalue weighted by atomic mass is 16.6. The van der Waals surface area contributed by atoms with Crippen molar-refractivity contribution in [1.29, 1.82) is 0 Å². The maximum absolute atomic E-state index is 10.4.